The zero-order valence-corrected chi connectivity index (χ0v) is 9.75. The zero-order chi connectivity index (χ0) is 10.4. The molecular weight excluding hydrogens is 176 g/mol. The van der Waals surface area contributed by atoms with E-state index in [4.69, 9.17) is 4.74 Å². The lowest BCUT2D eigenvalue weighted by atomic mass is 10.2. The van der Waals surface area contributed by atoms with E-state index in [1.165, 1.54) is 32.2 Å². The summed E-state index contributed by atoms with van der Waals surface area (Å²) < 4.78 is 5.34. The largest absolute Gasteiger partial charge is 0.381 e. The smallest absolute Gasteiger partial charge is 0.0586 e. The van der Waals surface area contributed by atoms with E-state index in [2.05, 4.69) is 24.3 Å². The molecule has 1 N–H and O–H groups in total. The van der Waals surface area contributed by atoms with Gasteiger partial charge in [0.1, 0.15) is 0 Å². The van der Waals surface area contributed by atoms with Crippen molar-refractivity contribution < 1.29 is 4.74 Å². The first-order valence-corrected chi connectivity index (χ1v) is 5.63. The Morgan fingerprint density at radius 1 is 1.36 bits per heavy atom. The summed E-state index contributed by atoms with van der Waals surface area (Å²) in [7, 11) is 6.06. The lowest BCUT2D eigenvalue weighted by Crippen LogP contribution is -2.30. The molecule has 2 atom stereocenters. The van der Waals surface area contributed by atoms with Gasteiger partial charge in [-0.05, 0) is 52.9 Å². The van der Waals surface area contributed by atoms with E-state index < -0.39 is 0 Å². The third-order valence-electron chi connectivity index (χ3n) is 2.93. The average Bonchev–Trinajstić information content (AvgIpc) is 2.60. The molecule has 0 bridgehead atoms. The highest BCUT2D eigenvalue weighted by Gasteiger charge is 2.23. The van der Waals surface area contributed by atoms with E-state index in [0.29, 0.717) is 12.1 Å². The van der Waals surface area contributed by atoms with Gasteiger partial charge in [-0.15, -0.1) is 0 Å². The second kappa shape index (κ2) is 6.38. The van der Waals surface area contributed by atoms with Gasteiger partial charge in [-0.1, -0.05) is 0 Å². The molecule has 0 amide bonds. The van der Waals surface area contributed by atoms with Gasteiger partial charge in [0, 0.05) is 13.2 Å². The second-order valence-corrected chi connectivity index (χ2v) is 4.48. The Balaban J connectivity index is 1.97. The predicted molar refractivity (Wildman–Crippen MR) is 59.6 cm³/mol. The molecule has 3 heteroatoms. The van der Waals surface area contributed by atoms with Gasteiger partial charge in [0.05, 0.1) is 6.10 Å². The van der Waals surface area contributed by atoms with Crippen molar-refractivity contribution in [3.05, 3.63) is 0 Å². The van der Waals surface area contributed by atoms with Crippen LogP contribution in [0, 0.1) is 0 Å². The van der Waals surface area contributed by atoms with Crippen LogP contribution < -0.4 is 5.32 Å². The molecule has 1 aliphatic rings. The topological polar surface area (TPSA) is 24.5 Å². The van der Waals surface area contributed by atoms with Crippen molar-refractivity contribution in [2.75, 3.05) is 34.3 Å². The molecular formula is C11H24N2O. The molecule has 2 unspecified atom stereocenters. The van der Waals surface area contributed by atoms with E-state index in [1.54, 1.807) is 0 Å². The molecule has 0 aromatic carbocycles. The van der Waals surface area contributed by atoms with Crippen LogP contribution in [0.4, 0.5) is 0 Å². The maximum absolute atomic E-state index is 5.34. The number of rotatable bonds is 6. The van der Waals surface area contributed by atoms with E-state index in [9.17, 15) is 0 Å². The van der Waals surface area contributed by atoms with Gasteiger partial charge in [-0.2, -0.15) is 0 Å². The number of hydrogen-bond donors (Lipinski definition) is 1. The molecule has 1 rings (SSSR count). The van der Waals surface area contributed by atoms with Crippen LogP contribution in [0.2, 0.25) is 0 Å². The highest BCUT2D eigenvalue weighted by Crippen LogP contribution is 2.21. The summed E-state index contributed by atoms with van der Waals surface area (Å²) in [6, 6.07) is 0.696. The van der Waals surface area contributed by atoms with Crippen LogP contribution in [-0.4, -0.2) is 51.3 Å². The fourth-order valence-corrected chi connectivity index (χ4v) is 2.04. The third-order valence-corrected chi connectivity index (χ3v) is 2.93. The number of hydrogen-bond acceptors (Lipinski definition) is 3. The molecule has 3 nitrogen and oxygen atoms in total. The highest BCUT2D eigenvalue weighted by atomic mass is 16.5. The fourth-order valence-electron chi connectivity index (χ4n) is 2.04. The van der Waals surface area contributed by atoms with Gasteiger partial charge in [-0.3, -0.25) is 0 Å². The van der Waals surface area contributed by atoms with Crippen LogP contribution >= 0.6 is 0 Å². The lowest BCUT2D eigenvalue weighted by molar-refractivity contribution is 0.107. The first-order valence-electron chi connectivity index (χ1n) is 5.63. The molecule has 84 valence electrons. The Kier molecular flexibility index (Phi) is 5.45. The Labute approximate surface area is 87.8 Å². The normalized spacial score (nSPS) is 27.4. The van der Waals surface area contributed by atoms with Crippen LogP contribution in [0.3, 0.4) is 0 Å². The summed E-state index contributed by atoms with van der Waals surface area (Å²) in [6.07, 6.45) is 5.43. The van der Waals surface area contributed by atoms with Gasteiger partial charge >= 0.3 is 0 Å². The summed E-state index contributed by atoms with van der Waals surface area (Å²) >= 11 is 0. The van der Waals surface area contributed by atoms with Crippen LogP contribution in [0.5, 0.6) is 0 Å². The SMILES string of the molecule is COC1CCC(NCCCN(C)C)C1. The summed E-state index contributed by atoms with van der Waals surface area (Å²) in [5.41, 5.74) is 0. The maximum Gasteiger partial charge on any atom is 0.0586 e. The number of methoxy groups -OCH3 is 1. The molecule has 0 aliphatic heterocycles. The minimum atomic E-state index is 0.501. The molecule has 1 fully saturated rings. The molecule has 0 saturated heterocycles. The van der Waals surface area contributed by atoms with Crippen LogP contribution in [0.25, 0.3) is 0 Å². The minimum absolute atomic E-state index is 0.501. The van der Waals surface area contributed by atoms with Crippen molar-refractivity contribution in [2.45, 2.75) is 37.8 Å². The Morgan fingerprint density at radius 3 is 2.71 bits per heavy atom. The third kappa shape index (κ3) is 4.40. The second-order valence-electron chi connectivity index (χ2n) is 4.48. The van der Waals surface area contributed by atoms with Crippen LogP contribution in [0.1, 0.15) is 25.7 Å². The molecule has 1 saturated carbocycles. The Hall–Kier alpha value is -0.120. The molecule has 0 aromatic rings. The lowest BCUT2D eigenvalue weighted by Gasteiger charge is -2.14. The summed E-state index contributed by atoms with van der Waals surface area (Å²) in [6.45, 7) is 2.31. The maximum atomic E-state index is 5.34. The van der Waals surface area contributed by atoms with Gasteiger partial charge in [-0.25, -0.2) is 0 Å². The minimum Gasteiger partial charge on any atom is -0.381 e. The highest BCUT2D eigenvalue weighted by molar-refractivity contribution is 4.80. The van der Waals surface area contributed by atoms with E-state index in [-0.39, 0.29) is 0 Å². The molecule has 14 heavy (non-hydrogen) atoms. The van der Waals surface area contributed by atoms with Crippen molar-refractivity contribution in [3.63, 3.8) is 0 Å². The van der Waals surface area contributed by atoms with Gasteiger partial charge in [0.2, 0.25) is 0 Å². The van der Waals surface area contributed by atoms with E-state index in [0.717, 1.165) is 6.54 Å². The van der Waals surface area contributed by atoms with Crippen LogP contribution in [0.15, 0.2) is 0 Å². The Bertz CT molecular complexity index is 150. The van der Waals surface area contributed by atoms with Gasteiger partial charge in [0.25, 0.3) is 0 Å². The van der Waals surface area contributed by atoms with Crippen molar-refractivity contribution in [2.24, 2.45) is 0 Å². The number of nitrogens with one attached hydrogen (secondary N) is 1. The fraction of sp³-hybridized carbons (Fsp3) is 1.00. The van der Waals surface area contributed by atoms with Crippen molar-refractivity contribution in [1.29, 1.82) is 0 Å². The quantitative estimate of drug-likeness (QED) is 0.650. The standard InChI is InChI=1S/C11H24N2O/c1-13(2)8-4-7-12-10-5-6-11(9-10)14-3/h10-12H,4-9H2,1-3H3. The van der Waals surface area contributed by atoms with Crippen molar-refractivity contribution in [1.82, 2.24) is 10.2 Å². The molecule has 1 aliphatic carbocycles. The molecule has 0 radical (unpaired) electrons. The first kappa shape index (κ1) is 12.0. The number of ether oxygens (including phenoxy) is 1. The summed E-state index contributed by atoms with van der Waals surface area (Å²) in [5, 5.41) is 3.59. The first-order chi connectivity index (χ1) is 6.72. The summed E-state index contributed by atoms with van der Waals surface area (Å²) in [5.74, 6) is 0. The number of nitrogens with zero attached hydrogens (tertiary/aromatic N) is 1. The van der Waals surface area contributed by atoms with Crippen LogP contribution in [-0.2, 0) is 4.74 Å². The van der Waals surface area contributed by atoms with Crippen molar-refractivity contribution >= 4 is 0 Å². The summed E-state index contributed by atoms with van der Waals surface area (Å²) in [4.78, 5) is 2.23. The molecule has 0 aromatic heterocycles. The average molecular weight is 200 g/mol. The Morgan fingerprint density at radius 2 is 2.14 bits per heavy atom. The zero-order valence-electron chi connectivity index (χ0n) is 9.75. The monoisotopic (exact) mass is 200 g/mol. The van der Waals surface area contributed by atoms with E-state index in [1.807, 2.05) is 7.11 Å². The van der Waals surface area contributed by atoms with E-state index >= 15 is 0 Å². The molecule has 0 heterocycles. The van der Waals surface area contributed by atoms with Gasteiger partial charge in [0.15, 0.2) is 0 Å². The van der Waals surface area contributed by atoms with Crippen molar-refractivity contribution in [3.8, 4) is 0 Å². The predicted octanol–water partition coefficient (Wildman–Crippen LogP) is 1.10. The molecule has 0 spiro atoms. The van der Waals surface area contributed by atoms with Gasteiger partial charge < -0.3 is 15.0 Å².